The Morgan fingerprint density at radius 2 is 2.00 bits per heavy atom. The van der Waals surface area contributed by atoms with E-state index in [4.69, 9.17) is 0 Å². The summed E-state index contributed by atoms with van der Waals surface area (Å²) in [6, 6.07) is 9.14. The summed E-state index contributed by atoms with van der Waals surface area (Å²) in [7, 11) is 0. The summed E-state index contributed by atoms with van der Waals surface area (Å²) >= 11 is 0. The van der Waals surface area contributed by atoms with Gasteiger partial charge in [-0.15, -0.1) is 0 Å². The molecule has 1 aromatic heterocycles. The number of nitrogens with zero attached hydrogens (tertiary/aromatic N) is 2. The smallest absolute Gasteiger partial charge is 0.0945 e. The SMILES string of the molecule is c1cn(CCCCNCc2ccc(C3CC3)cc2)cn1. The predicted molar refractivity (Wildman–Crippen MR) is 81.6 cm³/mol. The van der Waals surface area contributed by atoms with Crippen molar-refractivity contribution >= 4 is 0 Å². The Morgan fingerprint density at radius 3 is 2.70 bits per heavy atom. The van der Waals surface area contributed by atoms with Crippen LogP contribution in [-0.2, 0) is 13.1 Å². The van der Waals surface area contributed by atoms with E-state index >= 15 is 0 Å². The molecule has 2 aromatic rings. The summed E-state index contributed by atoms with van der Waals surface area (Å²) in [5, 5.41) is 3.52. The van der Waals surface area contributed by atoms with Gasteiger partial charge in [0.15, 0.2) is 0 Å². The lowest BCUT2D eigenvalue weighted by Gasteiger charge is -2.06. The van der Waals surface area contributed by atoms with Crippen molar-refractivity contribution in [2.24, 2.45) is 0 Å². The summed E-state index contributed by atoms with van der Waals surface area (Å²) < 4.78 is 2.14. The van der Waals surface area contributed by atoms with Gasteiger partial charge in [0.2, 0.25) is 0 Å². The monoisotopic (exact) mass is 269 g/mol. The Morgan fingerprint density at radius 1 is 1.15 bits per heavy atom. The van der Waals surface area contributed by atoms with Gasteiger partial charge in [0, 0.05) is 25.5 Å². The number of hydrogen-bond donors (Lipinski definition) is 1. The van der Waals surface area contributed by atoms with E-state index in [9.17, 15) is 0 Å². The molecule has 0 aliphatic heterocycles. The number of imidazole rings is 1. The van der Waals surface area contributed by atoms with E-state index in [0.29, 0.717) is 0 Å². The third-order valence-corrected chi connectivity index (χ3v) is 3.94. The van der Waals surface area contributed by atoms with Crippen molar-refractivity contribution in [2.45, 2.75) is 44.7 Å². The lowest BCUT2D eigenvalue weighted by molar-refractivity contribution is 0.568. The molecule has 20 heavy (non-hydrogen) atoms. The van der Waals surface area contributed by atoms with Gasteiger partial charge < -0.3 is 9.88 Å². The zero-order chi connectivity index (χ0) is 13.6. The number of aryl methyl sites for hydroxylation is 1. The number of unbranched alkanes of at least 4 members (excludes halogenated alkanes) is 1. The molecule has 3 nitrogen and oxygen atoms in total. The third-order valence-electron chi connectivity index (χ3n) is 3.94. The van der Waals surface area contributed by atoms with Crippen molar-refractivity contribution in [1.29, 1.82) is 0 Å². The van der Waals surface area contributed by atoms with E-state index in [-0.39, 0.29) is 0 Å². The molecule has 1 saturated carbocycles. The second-order valence-corrected chi connectivity index (χ2v) is 5.70. The van der Waals surface area contributed by atoms with Crippen LogP contribution in [0.4, 0.5) is 0 Å². The third kappa shape index (κ3) is 3.94. The first-order valence-corrected chi connectivity index (χ1v) is 7.67. The second kappa shape index (κ2) is 6.71. The van der Waals surface area contributed by atoms with Gasteiger partial charge >= 0.3 is 0 Å². The minimum absolute atomic E-state index is 0.861. The molecule has 0 spiro atoms. The fraction of sp³-hybridized carbons (Fsp3) is 0.471. The first kappa shape index (κ1) is 13.4. The van der Waals surface area contributed by atoms with Gasteiger partial charge in [-0.05, 0) is 49.3 Å². The first-order valence-electron chi connectivity index (χ1n) is 7.67. The highest BCUT2D eigenvalue weighted by atomic mass is 15.0. The minimum Gasteiger partial charge on any atom is -0.337 e. The summed E-state index contributed by atoms with van der Waals surface area (Å²) in [6.45, 7) is 3.13. The fourth-order valence-corrected chi connectivity index (χ4v) is 2.52. The summed E-state index contributed by atoms with van der Waals surface area (Å²) in [4.78, 5) is 4.05. The van der Waals surface area contributed by atoms with Crippen molar-refractivity contribution in [2.75, 3.05) is 6.54 Å². The summed E-state index contributed by atoms with van der Waals surface area (Å²) in [5.41, 5.74) is 2.91. The maximum absolute atomic E-state index is 4.05. The van der Waals surface area contributed by atoms with E-state index in [2.05, 4.69) is 39.1 Å². The van der Waals surface area contributed by atoms with Crippen LogP contribution in [0, 0.1) is 0 Å². The molecule has 0 amide bonds. The largest absolute Gasteiger partial charge is 0.337 e. The highest BCUT2D eigenvalue weighted by Crippen LogP contribution is 2.39. The number of aromatic nitrogens is 2. The molecular formula is C17H23N3. The van der Waals surface area contributed by atoms with Crippen LogP contribution in [0.3, 0.4) is 0 Å². The quantitative estimate of drug-likeness (QED) is 0.745. The van der Waals surface area contributed by atoms with Crippen molar-refractivity contribution in [1.82, 2.24) is 14.9 Å². The molecule has 1 heterocycles. The predicted octanol–water partition coefficient (Wildman–Crippen LogP) is 3.33. The number of hydrogen-bond acceptors (Lipinski definition) is 2. The Kier molecular flexibility index (Phi) is 4.49. The summed E-state index contributed by atoms with van der Waals surface area (Å²) in [5.74, 6) is 0.861. The van der Waals surface area contributed by atoms with Crippen LogP contribution >= 0.6 is 0 Å². The van der Waals surface area contributed by atoms with Gasteiger partial charge in [0.25, 0.3) is 0 Å². The molecule has 0 saturated heterocycles. The molecule has 0 bridgehead atoms. The number of benzene rings is 1. The molecule has 3 heteroatoms. The Labute approximate surface area is 121 Å². The molecule has 1 aliphatic carbocycles. The van der Waals surface area contributed by atoms with Crippen molar-refractivity contribution in [3.8, 4) is 0 Å². The van der Waals surface area contributed by atoms with Crippen molar-refractivity contribution in [3.05, 3.63) is 54.1 Å². The first-order chi connectivity index (χ1) is 9.92. The van der Waals surface area contributed by atoms with Gasteiger partial charge in [-0.3, -0.25) is 0 Å². The summed E-state index contributed by atoms with van der Waals surface area (Å²) in [6.07, 6.45) is 10.9. The molecular weight excluding hydrogens is 246 g/mol. The van der Waals surface area contributed by atoms with E-state index in [1.807, 2.05) is 18.7 Å². The Balaban J connectivity index is 1.29. The average molecular weight is 269 g/mol. The van der Waals surface area contributed by atoms with E-state index in [1.54, 1.807) is 0 Å². The van der Waals surface area contributed by atoms with Crippen molar-refractivity contribution in [3.63, 3.8) is 0 Å². The topological polar surface area (TPSA) is 29.9 Å². The van der Waals surface area contributed by atoms with E-state index < -0.39 is 0 Å². The highest BCUT2D eigenvalue weighted by molar-refractivity contribution is 5.27. The zero-order valence-electron chi connectivity index (χ0n) is 12.0. The normalized spacial score (nSPS) is 14.6. The number of rotatable bonds is 8. The van der Waals surface area contributed by atoms with Crippen LogP contribution in [-0.4, -0.2) is 16.1 Å². The van der Waals surface area contributed by atoms with Gasteiger partial charge in [0.1, 0.15) is 0 Å². The maximum atomic E-state index is 4.05. The minimum atomic E-state index is 0.861. The molecule has 1 aliphatic rings. The van der Waals surface area contributed by atoms with Crippen LogP contribution in [0.25, 0.3) is 0 Å². The van der Waals surface area contributed by atoms with Crippen molar-refractivity contribution < 1.29 is 0 Å². The van der Waals surface area contributed by atoms with Gasteiger partial charge in [0.05, 0.1) is 6.33 Å². The fourth-order valence-electron chi connectivity index (χ4n) is 2.52. The van der Waals surface area contributed by atoms with Gasteiger partial charge in [-0.2, -0.15) is 0 Å². The molecule has 106 valence electrons. The van der Waals surface area contributed by atoms with Crippen LogP contribution in [0.2, 0.25) is 0 Å². The van der Waals surface area contributed by atoms with Gasteiger partial charge in [-0.1, -0.05) is 24.3 Å². The van der Waals surface area contributed by atoms with Crippen LogP contribution < -0.4 is 5.32 Å². The van der Waals surface area contributed by atoms with Crippen LogP contribution in [0.15, 0.2) is 43.0 Å². The molecule has 1 aromatic carbocycles. The van der Waals surface area contributed by atoms with Crippen LogP contribution in [0.5, 0.6) is 0 Å². The van der Waals surface area contributed by atoms with E-state index in [0.717, 1.165) is 25.6 Å². The molecule has 1 fully saturated rings. The second-order valence-electron chi connectivity index (χ2n) is 5.70. The molecule has 3 rings (SSSR count). The molecule has 0 unspecified atom stereocenters. The molecule has 1 N–H and O–H groups in total. The lowest BCUT2D eigenvalue weighted by Crippen LogP contribution is -2.15. The average Bonchev–Trinajstić information content (AvgIpc) is 3.20. The van der Waals surface area contributed by atoms with Gasteiger partial charge in [-0.25, -0.2) is 4.98 Å². The Bertz CT molecular complexity index is 498. The standard InChI is InChI=1S/C17H23N3/c1(2-11-20-12-10-19-14-20)9-18-13-15-3-5-16(6-4-15)17-7-8-17/h3-6,10,12,14,17-18H,1-2,7-9,11,13H2. The lowest BCUT2D eigenvalue weighted by atomic mass is 10.1. The van der Waals surface area contributed by atoms with Crippen LogP contribution in [0.1, 0.15) is 42.7 Å². The zero-order valence-corrected chi connectivity index (χ0v) is 12.0. The Hall–Kier alpha value is -1.61. The highest BCUT2D eigenvalue weighted by Gasteiger charge is 2.22. The molecule has 0 radical (unpaired) electrons. The van der Waals surface area contributed by atoms with E-state index in [1.165, 1.54) is 36.8 Å². The maximum Gasteiger partial charge on any atom is 0.0945 e. The number of nitrogens with one attached hydrogen (secondary N) is 1. The molecule has 0 atom stereocenters.